The molecule has 3 heterocycles. The average molecular weight is 473 g/mol. The fourth-order valence-electron chi connectivity index (χ4n) is 4.95. The molecule has 1 aromatic carbocycles. The van der Waals surface area contributed by atoms with Crippen molar-refractivity contribution in [1.29, 1.82) is 0 Å². The van der Waals surface area contributed by atoms with Crippen LogP contribution >= 0.6 is 11.3 Å². The van der Waals surface area contributed by atoms with Gasteiger partial charge in [0.1, 0.15) is 0 Å². The molecule has 1 saturated heterocycles. The van der Waals surface area contributed by atoms with E-state index in [-0.39, 0.29) is 34.6 Å². The van der Waals surface area contributed by atoms with Crippen LogP contribution in [0.15, 0.2) is 35.1 Å². The third-order valence-electron chi connectivity index (χ3n) is 6.76. The Hall–Kier alpha value is -2.68. The first-order chi connectivity index (χ1) is 16.0. The lowest BCUT2D eigenvalue weighted by Crippen LogP contribution is -2.37. The van der Waals surface area contributed by atoms with Gasteiger partial charge in [0.25, 0.3) is 12.0 Å². The predicted molar refractivity (Wildman–Crippen MR) is 124 cm³/mol. The molecule has 0 bridgehead atoms. The highest BCUT2D eigenvalue weighted by Gasteiger charge is 2.38. The minimum atomic E-state index is -2.84. The molecule has 0 spiro atoms. The SMILES string of the molecule is CCn1c(C(F)F)nc2sc(N3CCC[C@@H]3C(=O)C[C@@H](c3ccccc3)C3CC3)nc2c1=O. The maximum absolute atomic E-state index is 13.4. The van der Waals surface area contributed by atoms with Crippen molar-refractivity contribution in [3.05, 3.63) is 52.1 Å². The number of Topliss-reactive ketones (excluding diaryl/α,β-unsaturated/α-hetero) is 1. The molecule has 2 aliphatic rings. The summed E-state index contributed by atoms with van der Waals surface area (Å²) in [6.07, 6.45) is 1.53. The molecule has 1 saturated carbocycles. The molecule has 9 heteroatoms. The molecule has 2 atom stereocenters. The minimum absolute atomic E-state index is 0.0968. The summed E-state index contributed by atoms with van der Waals surface area (Å²) in [5, 5.41) is 0.516. The van der Waals surface area contributed by atoms with E-state index in [0.29, 0.717) is 24.0 Å². The summed E-state index contributed by atoms with van der Waals surface area (Å²) in [6.45, 7) is 2.38. The van der Waals surface area contributed by atoms with Gasteiger partial charge >= 0.3 is 0 Å². The molecule has 2 aromatic heterocycles. The van der Waals surface area contributed by atoms with Crippen LogP contribution in [0.25, 0.3) is 10.3 Å². The third kappa shape index (κ3) is 4.18. The third-order valence-corrected chi connectivity index (χ3v) is 7.75. The second-order valence-electron chi connectivity index (χ2n) is 8.85. The lowest BCUT2D eigenvalue weighted by atomic mass is 9.87. The van der Waals surface area contributed by atoms with Crippen molar-refractivity contribution in [3.63, 3.8) is 0 Å². The Morgan fingerprint density at radius 1 is 1.18 bits per heavy atom. The number of alkyl halides is 2. The number of nitrogens with zero attached hydrogens (tertiary/aromatic N) is 4. The van der Waals surface area contributed by atoms with Crippen molar-refractivity contribution in [1.82, 2.24) is 14.5 Å². The summed E-state index contributed by atoms with van der Waals surface area (Å²) >= 11 is 1.12. The summed E-state index contributed by atoms with van der Waals surface area (Å²) in [5.41, 5.74) is 0.751. The summed E-state index contributed by atoms with van der Waals surface area (Å²) in [6, 6.07) is 9.91. The second kappa shape index (κ2) is 8.93. The number of hydrogen-bond donors (Lipinski definition) is 0. The van der Waals surface area contributed by atoms with Gasteiger partial charge in [0.2, 0.25) is 0 Å². The van der Waals surface area contributed by atoms with Gasteiger partial charge in [-0.1, -0.05) is 41.7 Å². The highest BCUT2D eigenvalue weighted by Crippen LogP contribution is 2.45. The van der Waals surface area contributed by atoms with Crippen molar-refractivity contribution in [2.24, 2.45) is 5.92 Å². The smallest absolute Gasteiger partial charge is 0.295 e. The van der Waals surface area contributed by atoms with Crippen LogP contribution in [0.1, 0.15) is 62.8 Å². The first-order valence-corrected chi connectivity index (χ1v) is 12.3. The van der Waals surface area contributed by atoms with Gasteiger partial charge in [-0.3, -0.25) is 14.2 Å². The molecule has 0 radical (unpaired) electrons. The summed E-state index contributed by atoms with van der Waals surface area (Å²) < 4.78 is 27.8. The Morgan fingerprint density at radius 2 is 1.94 bits per heavy atom. The quantitative estimate of drug-likeness (QED) is 0.465. The van der Waals surface area contributed by atoms with E-state index in [9.17, 15) is 18.4 Å². The summed E-state index contributed by atoms with van der Waals surface area (Å²) in [4.78, 5) is 36.9. The molecule has 1 aliphatic heterocycles. The van der Waals surface area contributed by atoms with Crippen LogP contribution in [0, 0.1) is 5.92 Å². The monoisotopic (exact) mass is 472 g/mol. The molecule has 5 rings (SSSR count). The lowest BCUT2D eigenvalue weighted by Gasteiger charge is -2.25. The topological polar surface area (TPSA) is 68.1 Å². The Morgan fingerprint density at radius 3 is 2.61 bits per heavy atom. The number of carbonyl (C=O) groups excluding carboxylic acids is 1. The van der Waals surface area contributed by atoms with Crippen LogP contribution < -0.4 is 10.5 Å². The number of benzene rings is 1. The van der Waals surface area contributed by atoms with Gasteiger partial charge in [-0.25, -0.2) is 18.7 Å². The minimum Gasteiger partial charge on any atom is -0.338 e. The first-order valence-electron chi connectivity index (χ1n) is 11.5. The molecular weight excluding hydrogens is 446 g/mol. The van der Waals surface area contributed by atoms with Crippen LogP contribution in [0.4, 0.5) is 13.9 Å². The van der Waals surface area contributed by atoms with Gasteiger partial charge in [0.05, 0.1) is 6.04 Å². The van der Waals surface area contributed by atoms with Crippen molar-refractivity contribution < 1.29 is 13.6 Å². The van der Waals surface area contributed by atoms with E-state index in [1.54, 1.807) is 6.92 Å². The predicted octanol–water partition coefficient (Wildman–Crippen LogP) is 4.93. The normalized spacial score (nSPS) is 19.5. The van der Waals surface area contributed by atoms with Gasteiger partial charge in [-0.2, -0.15) is 0 Å². The Kier molecular flexibility index (Phi) is 5.99. The van der Waals surface area contributed by atoms with E-state index < -0.39 is 17.8 Å². The number of ketones is 1. The lowest BCUT2D eigenvalue weighted by molar-refractivity contribution is -0.120. The van der Waals surface area contributed by atoms with Crippen LogP contribution in [-0.4, -0.2) is 32.9 Å². The number of thiazole rings is 1. The average Bonchev–Trinajstić information content (AvgIpc) is 3.36. The molecule has 0 N–H and O–H groups in total. The number of anilines is 1. The van der Waals surface area contributed by atoms with E-state index in [0.717, 1.165) is 41.6 Å². The zero-order valence-electron chi connectivity index (χ0n) is 18.4. The molecule has 33 heavy (non-hydrogen) atoms. The maximum Gasteiger partial charge on any atom is 0.295 e. The van der Waals surface area contributed by atoms with Crippen molar-refractivity contribution in [2.45, 2.75) is 64.0 Å². The van der Waals surface area contributed by atoms with E-state index in [4.69, 9.17) is 0 Å². The molecular formula is C24H26F2N4O2S. The number of halogens is 2. The van der Waals surface area contributed by atoms with Gasteiger partial charge in [-0.05, 0) is 50.0 Å². The largest absolute Gasteiger partial charge is 0.338 e. The number of fused-ring (bicyclic) bond motifs is 1. The zero-order chi connectivity index (χ0) is 23.1. The Labute approximate surface area is 194 Å². The molecule has 3 aromatic rings. The van der Waals surface area contributed by atoms with Gasteiger partial charge in [0, 0.05) is 19.5 Å². The van der Waals surface area contributed by atoms with Crippen molar-refractivity contribution >= 4 is 32.6 Å². The summed E-state index contributed by atoms with van der Waals surface area (Å²) in [5.74, 6) is 0.427. The Balaban J connectivity index is 1.43. The highest BCUT2D eigenvalue weighted by atomic mass is 32.1. The van der Waals surface area contributed by atoms with Crippen molar-refractivity contribution in [2.75, 3.05) is 11.4 Å². The molecule has 0 unspecified atom stereocenters. The van der Waals surface area contributed by atoms with E-state index in [2.05, 4.69) is 22.1 Å². The van der Waals surface area contributed by atoms with Crippen LogP contribution in [0.2, 0.25) is 0 Å². The summed E-state index contributed by atoms with van der Waals surface area (Å²) in [7, 11) is 0. The van der Waals surface area contributed by atoms with Gasteiger partial charge in [0.15, 0.2) is 27.1 Å². The Bertz CT molecular complexity index is 1220. The van der Waals surface area contributed by atoms with E-state index in [1.807, 2.05) is 23.1 Å². The number of rotatable bonds is 8. The van der Waals surface area contributed by atoms with Gasteiger partial charge < -0.3 is 4.90 Å². The molecule has 174 valence electrons. The van der Waals surface area contributed by atoms with E-state index >= 15 is 0 Å². The number of aromatic nitrogens is 3. The van der Waals surface area contributed by atoms with Crippen molar-refractivity contribution in [3.8, 4) is 0 Å². The molecule has 6 nitrogen and oxygen atoms in total. The molecule has 1 aliphatic carbocycles. The second-order valence-corrected chi connectivity index (χ2v) is 9.80. The van der Waals surface area contributed by atoms with Gasteiger partial charge in [-0.15, -0.1) is 0 Å². The molecule has 2 fully saturated rings. The van der Waals surface area contributed by atoms with E-state index in [1.165, 1.54) is 5.56 Å². The number of carbonyl (C=O) groups is 1. The number of hydrogen-bond acceptors (Lipinski definition) is 6. The highest BCUT2D eigenvalue weighted by molar-refractivity contribution is 7.21. The standard InChI is InChI=1S/C24H26F2N4O2S/c1-2-29-21(20(25)26)28-22-19(23(29)32)27-24(33-22)30-12-6-9-17(30)18(31)13-16(15-10-11-15)14-7-4-3-5-8-14/h3-5,7-8,15-17,20H,2,6,9-13H2,1H3/t16-,17+/m0/s1. The fourth-order valence-corrected chi connectivity index (χ4v) is 5.96. The molecule has 0 amide bonds. The first kappa shape index (κ1) is 22.1. The van der Waals surface area contributed by atoms with Crippen LogP contribution in [-0.2, 0) is 11.3 Å². The van der Waals surface area contributed by atoms with Crippen LogP contribution in [0.5, 0.6) is 0 Å². The maximum atomic E-state index is 13.4. The zero-order valence-corrected chi connectivity index (χ0v) is 19.2. The fraction of sp³-hybridized carbons (Fsp3) is 0.500. The van der Waals surface area contributed by atoms with Crippen LogP contribution in [0.3, 0.4) is 0 Å².